The number of ether oxygens (including phenoxy) is 1. The number of amides is 1. The summed E-state index contributed by atoms with van der Waals surface area (Å²) in [6, 6.07) is 0.506. The van der Waals surface area contributed by atoms with Gasteiger partial charge >= 0.3 is 0 Å². The summed E-state index contributed by atoms with van der Waals surface area (Å²) in [5, 5.41) is 0. The fourth-order valence-corrected chi connectivity index (χ4v) is 5.98. The quantitative estimate of drug-likeness (QED) is 0.688. The van der Waals surface area contributed by atoms with Crippen molar-refractivity contribution in [1.29, 1.82) is 0 Å². The fourth-order valence-electron chi connectivity index (χ4n) is 5.98. The number of carbonyl (C=O) groups excluding carboxylic acids is 1. The molecule has 0 spiro atoms. The Hall–Kier alpha value is -0.830. The van der Waals surface area contributed by atoms with Crippen LogP contribution in [0.15, 0.2) is 11.3 Å². The summed E-state index contributed by atoms with van der Waals surface area (Å²) < 4.78 is 5.52. The van der Waals surface area contributed by atoms with E-state index in [1.165, 1.54) is 63.5 Å². The Balaban J connectivity index is 1.59. The molecule has 1 heterocycles. The second-order valence-corrected chi connectivity index (χ2v) is 8.83. The van der Waals surface area contributed by atoms with Crippen LogP contribution in [0, 0.1) is 11.8 Å². The van der Waals surface area contributed by atoms with Gasteiger partial charge in [0.2, 0.25) is 5.91 Å². The first-order valence-corrected chi connectivity index (χ1v) is 10.8. The lowest BCUT2D eigenvalue weighted by Crippen LogP contribution is -2.48. The molecule has 3 nitrogen and oxygen atoms in total. The molecule has 2 atom stereocenters. The van der Waals surface area contributed by atoms with Crippen molar-refractivity contribution < 1.29 is 9.53 Å². The number of allylic oxidation sites excluding steroid dienone is 2. The molecule has 0 aromatic heterocycles. The summed E-state index contributed by atoms with van der Waals surface area (Å²) >= 11 is 0. The topological polar surface area (TPSA) is 29.5 Å². The van der Waals surface area contributed by atoms with Gasteiger partial charge in [-0.15, -0.1) is 0 Å². The molecule has 3 heteroatoms. The van der Waals surface area contributed by atoms with Crippen molar-refractivity contribution in [2.45, 2.75) is 102 Å². The van der Waals surface area contributed by atoms with Gasteiger partial charge in [0.1, 0.15) is 0 Å². The van der Waals surface area contributed by atoms with Crippen molar-refractivity contribution in [3.05, 3.63) is 11.3 Å². The van der Waals surface area contributed by atoms with Gasteiger partial charge in [0, 0.05) is 24.8 Å². The molecule has 0 bridgehead atoms. The summed E-state index contributed by atoms with van der Waals surface area (Å²) in [7, 11) is 1.81. The third kappa shape index (κ3) is 3.54. The Labute approximate surface area is 153 Å². The molecule has 25 heavy (non-hydrogen) atoms. The summed E-state index contributed by atoms with van der Waals surface area (Å²) in [5.74, 6) is 1.46. The van der Waals surface area contributed by atoms with E-state index in [9.17, 15) is 4.79 Å². The molecule has 1 amide bonds. The summed E-state index contributed by atoms with van der Waals surface area (Å²) in [5.41, 5.74) is 3.11. The van der Waals surface area contributed by atoms with Gasteiger partial charge < -0.3 is 9.64 Å². The lowest BCUT2D eigenvalue weighted by Gasteiger charge is -2.43. The Morgan fingerprint density at radius 1 is 0.880 bits per heavy atom. The number of hydrogen-bond donors (Lipinski definition) is 0. The average Bonchev–Trinajstić information content (AvgIpc) is 2.84. The van der Waals surface area contributed by atoms with Crippen molar-refractivity contribution in [2.75, 3.05) is 7.11 Å². The maximum Gasteiger partial charge on any atom is 0.230 e. The first kappa shape index (κ1) is 17.6. The molecule has 4 aliphatic rings. The maximum absolute atomic E-state index is 13.7. The van der Waals surface area contributed by atoms with Gasteiger partial charge in [-0.1, -0.05) is 18.4 Å². The van der Waals surface area contributed by atoms with Gasteiger partial charge in [0.25, 0.3) is 0 Å². The molecule has 4 rings (SSSR count). The van der Waals surface area contributed by atoms with Crippen LogP contribution in [0.25, 0.3) is 0 Å². The van der Waals surface area contributed by atoms with Crippen LogP contribution < -0.4 is 0 Å². The molecular formula is C22H35NO2. The van der Waals surface area contributed by atoms with Crippen molar-refractivity contribution in [3.8, 4) is 0 Å². The van der Waals surface area contributed by atoms with Gasteiger partial charge in [-0.3, -0.25) is 4.79 Å². The minimum atomic E-state index is 0.239. The van der Waals surface area contributed by atoms with E-state index in [1.54, 1.807) is 5.57 Å². The molecule has 3 aliphatic carbocycles. The third-order valence-electron chi connectivity index (χ3n) is 7.45. The van der Waals surface area contributed by atoms with E-state index in [0.717, 1.165) is 38.0 Å². The molecule has 0 saturated heterocycles. The van der Waals surface area contributed by atoms with Crippen molar-refractivity contribution in [1.82, 2.24) is 4.90 Å². The van der Waals surface area contributed by atoms with Crippen LogP contribution in [-0.4, -0.2) is 30.1 Å². The van der Waals surface area contributed by atoms with Crippen LogP contribution in [0.4, 0.5) is 0 Å². The summed E-state index contributed by atoms with van der Waals surface area (Å²) in [6.07, 6.45) is 17.4. The number of methoxy groups -OCH3 is 1. The third-order valence-corrected chi connectivity index (χ3v) is 7.45. The largest absolute Gasteiger partial charge is 0.381 e. The van der Waals surface area contributed by atoms with Gasteiger partial charge in [0.05, 0.1) is 6.10 Å². The predicted octanol–water partition coefficient (Wildman–Crippen LogP) is 5.20. The molecule has 0 radical (unpaired) electrons. The Bertz CT molecular complexity index is 518. The van der Waals surface area contributed by atoms with Crippen LogP contribution in [0.5, 0.6) is 0 Å². The SMILES string of the molecule is COC1CCC(C(=O)N2C3=C(CCCC3)CCC3CCCCC32)CC1. The molecule has 0 N–H and O–H groups in total. The number of carbonyl (C=O) groups is 1. The number of fused-ring (bicyclic) bond motifs is 1. The first-order chi connectivity index (χ1) is 12.3. The van der Waals surface area contributed by atoms with Gasteiger partial charge in [0.15, 0.2) is 0 Å². The predicted molar refractivity (Wildman–Crippen MR) is 100 cm³/mol. The highest BCUT2D eigenvalue weighted by Crippen LogP contribution is 2.44. The zero-order chi connectivity index (χ0) is 17.2. The molecule has 2 fully saturated rings. The number of nitrogens with zero attached hydrogens (tertiary/aromatic N) is 1. The zero-order valence-corrected chi connectivity index (χ0v) is 16.0. The standard InChI is InChI=1S/C22H35NO2/c1-25-19-14-12-18(13-15-19)22(24)23-20-8-4-2-6-16(20)10-11-17-7-3-5-9-21(17)23/h16,18-20H,2-15H2,1H3. The van der Waals surface area contributed by atoms with E-state index in [-0.39, 0.29) is 5.92 Å². The summed E-state index contributed by atoms with van der Waals surface area (Å²) in [4.78, 5) is 16.1. The first-order valence-electron chi connectivity index (χ1n) is 10.8. The minimum Gasteiger partial charge on any atom is -0.381 e. The normalized spacial score (nSPS) is 36.4. The lowest BCUT2D eigenvalue weighted by molar-refractivity contribution is -0.139. The molecule has 2 unspecified atom stereocenters. The van der Waals surface area contributed by atoms with Gasteiger partial charge in [-0.05, 0) is 83.0 Å². The van der Waals surface area contributed by atoms with Crippen LogP contribution in [-0.2, 0) is 9.53 Å². The van der Waals surface area contributed by atoms with E-state index >= 15 is 0 Å². The monoisotopic (exact) mass is 345 g/mol. The van der Waals surface area contributed by atoms with Gasteiger partial charge in [-0.2, -0.15) is 0 Å². The lowest BCUT2D eigenvalue weighted by atomic mass is 9.80. The highest BCUT2D eigenvalue weighted by molar-refractivity contribution is 5.81. The second kappa shape index (κ2) is 7.82. The average molecular weight is 346 g/mol. The van der Waals surface area contributed by atoms with E-state index in [1.807, 2.05) is 7.11 Å². The van der Waals surface area contributed by atoms with Crippen LogP contribution in [0.2, 0.25) is 0 Å². The molecule has 2 saturated carbocycles. The van der Waals surface area contributed by atoms with Crippen molar-refractivity contribution in [2.24, 2.45) is 11.8 Å². The molecule has 0 aromatic rings. The number of hydrogen-bond acceptors (Lipinski definition) is 2. The Morgan fingerprint density at radius 2 is 1.64 bits per heavy atom. The fraction of sp³-hybridized carbons (Fsp3) is 0.864. The molecule has 0 aromatic carbocycles. The minimum absolute atomic E-state index is 0.239. The number of rotatable bonds is 2. The van der Waals surface area contributed by atoms with Gasteiger partial charge in [-0.25, -0.2) is 0 Å². The van der Waals surface area contributed by atoms with Crippen LogP contribution >= 0.6 is 0 Å². The zero-order valence-electron chi connectivity index (χ0n) is 16.0. The molecular weight excluding hydrogens is 310 g/mol. The van der Waals surface area contributed by atoms with E-state index in [4.69, 9.17) is 4.74 Å². The maximum atomic E-state index is 13.7. The van der Waals surface area contributed by atoms with Crippen LogP contribution in [0.3, 0.4) is 0 Å². The molecule has 140 valence electrons. The van der Waals surface area contributed by atoms with E-state index in [0.29, 0.717) is 18.1 Å². The Kier molecular flexibility index (Phi) is 5.50. The second-order valence-electron chi connectivity index (χ2n) is 8.83. The van der Waals surface area contributed by atoms with E-state index in [2.05, 4.69) is 4.90 Å². The highest BCUT2D eigenvalue weighted by Gasteiger charge is 2.41. The highest BCUT2D eigenvalue weighted by atomic mass is 16.5. The molecule has 1 aliphatic heterocycles. The van der Waals surface area contributed by atoms with Crippen molar-refractivity contribution >= 4 is 5.91 Å². The smallest absolute Gasteiger partial charge is 0.230 e. The van der Waals surface area contributed by atoms with Crippen molar-refractivity contribution in [3.63, 3.8) is 0 Å². The Morgan fingerprint density at radius 3 is 2.44 bits per heavy atom. The van der Waals surface area contributed by atoms with E-state index < -0.39 is 0 Å². The van der Waals surface area contributed by atoms with Crippen LogP contribution in [0.1, 0.15) is 89.9 Å². The summed E-state index contributed by atoms with van der Waals surface area (Å²) in [6.45, 7) is 0.